The van der Waals surface area contributed by atoms with Crippen LogP contribution in [0.3, 0.4) is 0 Å². The van der Waals surface area contributed by atoms with E-state index in [1.54, 1.807) is 0 Å². The van der Waals surface area contributed by atoms with Gasteiger partial charge in [-0.15, -0.1) is 0 Å². The van der Waals surface area contributed by atoms with Crippen LogP contribution in [0.25, 0.3) is 0 Å². The van der Waals surface area contributed by atoms with E-state index < -0.39 is 10.0 Å². The summed E-state index contributed by atoms with van der Waals surface area (Å²) < 4.78 is 22.8. The van der Waals surface area contributed by atoms with Gasteiger partial charge in [0.2, 0.25) is 10.0 Å². The largest absolute Gasteiger partial charge is 0.293 e. The average Bonchev–Trinajstić information content (AvgIpc) is 2.30. The number of hydrogen-bond donors (Lipinski definition) is 0. The molecule has 0 unspecified atom stereocenters. The highest BCUT2D eigenvalue weighted by Gasteiger charge is 2.13. The first kappa shape index (κ1) is 8.92. The molecule has 12 heavy (non-hydrogen) atoms. The van der Waals surface area contributed by atoms with Gasteiger partial charge in [0.25, 0.3) is 0 Å². The summed E-state index contributed by atoms with van der Waals surface area (Å²) >= 11 is 0. The van der Waals surface area contributed by atoms with E-state index in [0.717, 1.165) is 16.6 Å². The molecule has 0 fully saturated rings. The van der Waals surface area contributed by atoms with Crippen LogP contribution in [-0.2, 0) is 10.0 Å². The third-order valence-electron chi connectivity index (χ3n) is 1.32. The Kier molecular flexibility index (Phi) is 2.01. The van der Waals surface area contributed by atoms with Crippen molar-refractivity contribution in [3.05, 3.63) is 18.2 Å². The lowest BCUT2D eigenvalue weighted by atomic mass is 10.3. The van der Waals surface area contributed by atoms with Gasteiger partial charge >= 0.3 is 0 Å². The van der Waals surface area contributed by atoms with Crippen LogP contribution >= 0.6 is 0 Å². The molecule has 1 aromatic heterocycles. The van der Waals surface area contributed by atoms with Crippen molar-refractivity contribution < 1.29 is 13.2 Å². The van der Waals surface area contributed by atoms with Crippen LogP contribution in [0.4, 0.5) is 0 Å². The number of carbonyl (C=O) groups excluding carboxylic acids is 1. The Bertz CT molecular complexity index is 404. The van der Waals surface area contributed by atoms with E-state index in [0.29, 0.717) is 0 Å². The summed E-state index contributed by atoms with van der Waals surface area (Å²) in [5, 5.41) is 0. The number of ketones is 1. The molecule has 0 amide bonds. The smallest absolute Gasteiger partial charge is 0.237 e. The minimum Gasteiger partial charge on any atom is -0.293 e. The zero-order valence-corrected chi connectivity index (χ0v) is 7.50. The third kappa shape index (κ3) is 1.53. The first-order valence-corrected chi connectivity index (χ1v) is 5.01. The van der Waals surface area contributed by atoms with Gasteiger partial charge < -0.3 is 0 Å². The molecule has 0 bridgehead atoms. The second-order valence-corrected chi connectivity index (χ2v) is 4.25. The van der Waals surface area contributed by atoms with Crippen molar-refractivity contribution in [2.45, 2.75) is 6.92 Å². The average molecular weight is 188 g/mol. The van der Waals surface area contributed by atoms with E-state index in [-0.39, 0.29) is 11.5 Å². The molecule has 1 aromatic rings. The minimum absolute atomic E-state index is 0.0810. The van der Waals surface area contributed by atoms with Crippen molar-refractivity contribution in [2.24, 2.45) is 0 Å². The third-order valence-corrected chi connectivity index (χ3v) is 2.33. The summed E-state index contributed by atoms with van der Waals surface area (Å²) in [4.78, 5) is 14.4. The van der Waals surface area contributed by atoms with Gasteiger partial charge in [-0.3, -0.25) is 4.79 Å². The Morgan fingerprint density at radius 2 is 2.17 bits per heavy atom. The van der Waals surface area contributed by atoms with Crippen LogP contribution in [0, 0.1) is 0 Å². The Labute approximate surface area is 70.1 Å². The summed E-state index contributed by atoms with van der Waals surface area (Å²) in [7, 11) is -3.40. The standard InChI is InChI=1S/C6H8N2O3S/c1-5(9)6-3-7-4-8(6)12(2,10)11/h3-4H,1-2H3. The zero-order chi connectivity index (χ0) is 9.35. The highest BCUT2D eigenvalue weighted by atomic mass is 32.2. The van der Waals surface area contributed by atoms with Crippen molar-refractivity contribution in [3.8, 4) is 0 Å². The molecule has 1 heterocycles. The first-order valence-electron chi connectivity index (χ1n) is 3.17. The summed E-state index contributed by atoms with van der Waals surface area (Å²) in [6, 6.07) is 0. The van der Waals surface area contributed by atoms with Gasteiger partial charge in [0.05, 0.1) is 12.5 Å². The number of Topliss-reactive ketones (excluding diaryl/α,β-unsaturated/α-hetero) is 1. The Morgan fingerprint density at radius 3 is 2.50 bits per heavy atom. The Hall–Kier alpha value is -1.17. The molecule has 0 radical (unpaired) electrons. The summed E-state index contributed by atoms with van der Waals surface area (Å²) in [6.07, 6.45) is 3.34. The van der Waals surface area contributed by atoms with Crippen molar-refractivity contribution in [1.82, 2.24) is 8.96 Å². The van der Waals surface area contributed by atoms with Crippen molar-refractivity contribution in [3.63, 3.8) is 0 Å². The Morgan fingerprint density at radius 1 is 1.58 bits per heavy atom. The first-order chi connectivity index (χ1) is 5.43. The van der Waals surface area contributed by atoms with Crippen LogP contribution in [-0.4, -0.2) is 29.4 Å². The quantitative estimate of drug-likeness (QED) is 0.607. The Balaban J connectivity index is 3.36. The molecule has 0 aliphatic rings. The van der Waals surface area contributed by atoms with E-state index in [1.807, 2.05) is 0 Å². The van der Waals surface area contributed by atoms with Crippen molar-refractivity contribution >= 4 is 15.8 Å². The maximum Gasteiger partial charge on any atom is 0.237 e. The maximum atomic E-state index is 11.0. The number of nitrogens with zero attached hydrogens (tertiary/aromatic N) is 2. The number of hydrogen-bond acceptors (Lipinski definition) is 4. The highest BCUT2D eigenvalue weighted by Crippen LogP contribution is 2.02. The molecule has 0 aromatic carbocycles. The molecule has 66 valence electrons. The second kappa shape index (κ2) is 2.71. The lowest BCUT2D eigenvalue weighted by Gasteiger charge is -2.00. The lowest BCUT2D eigenvalue weighted by Crippen LogP contribution is -2.14. The van der Waals surface area contributed by atoms with Crippen LogP contribution in [0.5, 0.6) is 0 Å². The molecule has 0 saturated heterocycles. The van der Waals surface area contributed by atoms with Gasteiger partial charge in [-0.05, 0) is 0 Å². The zero-order valence-electron chi connectivity index (χ0n) is 6.68. The fraction of sp³-hybridized carbons (Fsp3) is 0.333. The van der Waals surface area contributed by atoms with Gasteiger partial charge in [-0.2, -0.15) is 0 Å². The minimum atomic E-state index is -3.40. The van der Waals surface area contributed by atoms with Gasteiger partial charge in [-0.25, -0.2) is 17.4 Å². The van der Waals surface area contributed by atoms with Gasteiger partial charge in [-0.1, -0.05) is 0 Å². The van der Waals surface area contributed by atoms with Gasteiger partial charge in [0, 0.05) is 6.92 Å². The molecule has 0 aliphatic heterocycles. The number of rotatable bonds is 2. The van der Waals surface area contributed by atoms with E-state index in [1.165, 1.54) is 13.1 Å². The second-order valence-electron chi connectivity index (χ2n) is 2.39. The van der Waals surface area contributed by atoms with E-state index >= 15 is 0 Å². The fourth-order valence-electron chi connectivity index (χ4n) is 0.794. The molecule has 6 heteroatoms. The predicted molar refractivity (Wildman–Crippen MR) is 42.5 cm³/mol. The molecule has 0 spiro atoms. The number of carbonyl (C=O) groups is 1. The van der Waals surface area contributed by atoms with Crippen LogP contribution in [0.15, 0.2) is 12.5 Å². The number of imidazole rings is 1. The van der Waals surface area contributed by atoms with E-state index in [4.69, 9.17) is 0 Å². The molecular formula is C6H8N2O3S. The molecule has 5 nitrogen and oxygen atoms in total. The van der Waals surface area contributed by atoms with Gasteiger partial charge in [0.1, 0.15) is 12.0 Å². The molecule has 0 aliphatic carbocycles. The SMILES string of the molecule is CC(=O)c1cncn1S(C)(=O)=O. The monoisotopic (exact) mass is 188 g/mol. The van der Waals surface area contributed by atoms with Crippen LogP contribution in [0.2, 0.25) is 0 Å². The molecular weight excluding hydrogens is 180 g/mol. The van der Waals surface area contributed by atoms with Crippen LogP contribution in [0.1, 0.15) is 17.4 Å². The number of aromatic nitrogens is 2. The maximum absolute atomic E-state index is 11.0. The summed E-state index contributed by atoms with van der Waals surface area (Å²) in [6.45, 7) is 1.29. The topological polar surface area (TPSA) is 69.0 Å². The lowest BCUT2D eigenvalue weighted by molar-refractivity contribution is 0.101. The molecule has 1 rings (SSSR count). The molecule has 0 atom stereocenters. The normalized spacial score (nSPS) is 11.5. The van der Waals surface area contributed by atoms with E-state index in [9.17, 15) is 13.2 Å². The van der Waals surface area contributed by atoms with Gasteiger partial charge in [0.15, 0.2) is 5.78 Å². The van der Waals surface area contributed by atoms with Crippen molar-refractivity contribution in [2.75, 3.05) is 6.26 Å². The van der Waals surface area contributed by atoms with Crippen LogP contribution < -0.4 is 0 Å². The highest BCUT2D eigenvalue weighted by molar-refractivity contribution is 7.89. The molecule has 0 saturated carbocycles. The summed E-state index contributed by atoms with van der Waals surface area (Å²) in [5.41, 5.74) is 0.0810. The fourth-order valence-corrected chi connectivity index (χ4v) is 1.55. The van der Waals surface area contributed by atoms with Crippen molar-refractivity contribution in [1.29, 1.82) is 0 Å². The summed E-state index contributed by atoms with van der Waals surface area (Å²) in [5.74, 6) is -0.321. The van der Waals surface area contributed by atoms with E-state index in [2.05, 4.69) is 4.98 Å². The molecule has 0 N–H and O–H groups in total. The predicted octanol–water partition coefficient (Wildman–Crippen LogP) is -0.107.